The zero-order valence-electron chi connectivity index (χ0n) is 13.0. The molecular formula is C18H14Cl2N4O. The minimum Gasteiger partial charge on any atom is -0.347 e. The summed E-state index contributed by atoms with van der Waals surface area (Å²) in [4.78, 5) is 20.4. The van der Waals surface area contributed by atoms with E-state index < -0.39 is 0 Å². The van der Waals surface area contributed by atoms with Crippen LogP contribution in [0.2, 0.25) is 10.0 Å². The summed E-state index contributed by atoms with van der Waals surface area (Å²) < 4.78 is 0. The van der Waals surface area contributed by atoms with E-state index in [2.05, 4.69) is 20.6 Å². The number of benzene rings is 2. The molecule has 1 aromatic heterocycles. The Balaban J connectivity index is 1.63. The molecule has 0 saturated heterocycles. The summed E-state index contributed by atoms with van der Waals surface area (Å²) in [7, 11) is 0. The van der Waals surface area contributed by atoms with Gasteiger partial charge in [0.1, 0.15) is 11.5 Å². The Labute approximate surface area is 155 Å². The average molecular weight is 373 g/mol. The standard InChI is InChI=1S/C18H14Cl2N4O/c19-13-6-7-14(20)15(8-13)24-17-11-21-16(10-22-17)18(25)23-9-12-4-2-1-3-5-12/h1-8,10-11H,9H2,(H,22,24)(H,23,25). The van der Waals surface area contributed by atoms with E-state index in [0.29, 0.717) is 28.1 Å². The number of carbonyl (C=O) groups excluding carboxylic acids is 1. The number of nitrogens with zero attached hydrogens (tertiary/aromatic N) is 2. The van der Waals surface area contributed by atoms with E-state index in [4.69, 9.17) is 23.2 Å². The predicted molar refractivity (Wildman–Crippen MR) is 99.4 cm³/mol. The van der Waals surface area contributed by atoms with E-state index in [9.17, 15) is 4.79 Å². The number of carbonyl (C=O) groups is 1. The highest BCUT2D eigenvalue weighted by Crippen LogP contribution is 2.27. The molecule has 5 nitrogen and oxygen atoms in total. The zero-order chi connectivity index (χ0) is 17.6. The van der Waals surface area contributed by atoms with Crippen LogP contribution in [0.3, 0.4) is 0 Å². The molecule has 0 atom stereocenters. The maximum absolute atomic E-state index is 12.1. The van der Waals surface area contributed by atoms with Crippen LogP contribution in [0.4, 0.5) is 11.5 Å². The molecule has 126 valence electrons. The number of nitrogens with one attached hydrogen (secondary N) is 2. The molecule has 3 rings (SSSR count). The van der Waals surface area contributed by atoms with Crippen molar-refractivity contribution in [3.63, 3.8) is 0 Å². The fraction of sp³-hybridized carbons (Fsp3) is 0.0556. The number of halogens is 2. The third-order valence-electron chi connectivity index (χ3n) is 3.37. The van der Waals surface area contributed by atoms with Gasteiger partial charge in [-0.1, -0.05) is 53.5 Å². The van der Waals surface area contributed by atoms with Crippen LogP contribution in [0.25, 0.3) is 0 Å². The van der Waals surface area contributed by atoms with Crippen molar-refractivity contribution in [2.45, 2.75) is 6.54 Å². The predicted octanol–water partition coefficient (Wildman–Crippen LogP) is 4.46. The summed E-state index contributed by atoms with van der Waals surface area (Å²) in [5, 5.41) is 6.88. The third-order valence-corrected chi connectivity index (χ3v) is 3.94. The summed E-state index contributed by atoms with van der Waals surface area (Å²) in [6.45, 7) is 0.430. The number of hydrogen-bond donors (Lipinski definition) is 2. The SMILES string of the molecule is O=C(NCc1ccccc1)c1cnc(Nc2cc(Cl)ccc2Cl)cn1. The van der Waals surface area contributed by atoms with E-state index in [1.807, 2.05) is 30.3 Å². The lowest BCUT2D eigenvalue weighted by Crippen LogP contribution is -2.24. The van der Waals surface area contributed by atoms with Crippen LogP contribution in [-0.4, -0.2) is 15.9 Å². The van der Waals surface area contributed by atoms with Crippen LogP contribution in [0, 0.1) is 0 Å². The van der Waals surface area contributed by atoms with Crippen LogP contribution < -0.4 is 10.6 Å². The van der Waals surface area contributed by atoms with E-state index in [0.717, 1.165) is 5.56 Å². The van der Waals surface area contributed by atoms with Gasteiger partial charge in [0.2, 0.25) is 0 Å². The minimum atomic E-state index is -0.288. The summed E-state index contributed by atoms with van der Waals surface area (Å²) in [5.41, 5.74) is 1.86. The highest BCUT2D eigenvalue weighted by molar-refractivity contribution is 6.35. The lowest BCUT2D eigenvalue weighted by Gasteiger charge is -2.08. The first-order chi connectivity index (χ1) is 12.1. The van der Waals surface area contributed by atoms with Gasteiger partial charge in [-0.2, -0.15) is 0 Å². The number of amides is 1. The van der Waals surface area contributed by atoms with Crippen molar-refractivity contribution in [2.24, 2.45) is 0 Å². The van der Waals surface area contributed by atoms with Crippen molar-refractivity contribution in [2.75, 3.05) is 5.32 Å². The van der Waals surface area contributed by atoms with Crippen LogP contribution in [0.1, 0.15) is 16.1 Å². The summed E-state index contributed by atoms with van der Waals surface area (Å²) in [5.74, 6) is 0.174. The maximum Gasteiger partial charge on any atom is 0.271 e. The molecule has 2 N–H and O–H groups in total. The lowest BCUT2D eigenvalue weighted by molar-refractivity contribution is 0.0945. The van der Waals surface area contributed by atoms with Gasteiger partial charge < -0.3 is 10.6 Å². The fourth-order valence-corrected chi connectivity index (χ4v) is 2.45. The summed E-state index contributed by atoms with van der Waals surface area (Å²) in [6, 6.07) is 14.7. The molecular weight excluding hydrogens is 359 g/mol. The first-order valence-electron chi connectivity index (χ1n) is 7.48. The van der Waals surface area contributed by atoms with Gasteiger partial charge in [0.25, 0.3) is 5.91 Å². The van der Waals surface area contributed by atoms with E-state index in [-0.39, 0.29) is 11.6 Å². The van der Waals surface area contributed by atoms with Crippen molar-refractivity contribution in [3.05, 3.63) is 82.2 Å². The Bertz CT molecular complexity index is 870. The van der Waals surface area contributed by atoms with Crippen LogP contribution in [0.15, 0.2) is 60.9 Å². The lowest BCUT2D eigenvalue weighted by atomic mass is 10.2. The minimum absolute atomic E-state index is 0.235. The Morgan fingerprint density at radius 1 is 1.00 bits per heavy atom. The molecule has 0 saturated carbocycles. The molecule has 25 heavy (non-hydrogen) atoms. The zero-order valence-corrected chi connectivity index (χ0v) is 14.6. The van der Waals surface area contributed by atoms with Gasteiger partial charge in [0.05, 0.1) is 23.1 Å². The molecule has 3 aromatic rings. The van der Waals surface area contributed by atoms with Gasteiger partial charge in [-0.25, -0.2) is 9.97 Å². The normalized spacial score (nSPS) is 10.3. The average Bonchev–Trinajstić information content (AvgIpc) is 2.64. The summed E-state index contributed by atoms with van der Waals surface area (Å²) in [6.07, 6.45) is 2.87. The molecule has 0 spiro atoms. The van der Waals surface area contributed by atoms with Gasteiger partial charge in [0.15, 0.2) is 0 Å². The number of anilines is 2. The van der Waals surface area contributed by atoms with Gasteiger partial charge >= 0.3 is 0 Å². The highest BCUT2D eigenvalue weighted by atomic mass is 35.5. The quantitative estimate of drug-likeness (QED) is 0.693. The Kier molecular flexibility index (Phi) is 5.48. The van der Waals surface area contributed by atoms with Crippen molar-refractivity contribution in [1.82, 2.24) is 15.3 Å². The van der Waals surface area contributed by atoms with Crippen molar-refractivity contribution in [1.29, 1.82) is 0 Å². The highest BCUT2D eigenvalue weighted by Gasteiger charge is 2.09. The second-order valence-corrected chi connectivity index (χ2v) is 6.05. The number of aromatic nitrogens is 2. The van der Waals surface area contributed by atoms with Crippen LogP contribution in [0.5, 0.6) is 0 Å². The summed E-state index contributed by atoms with van der Waals surface area (Å²) >= 11 is 12.0. The van der Waals surface area contributed by atoms with Crippen molar-refractivity contribution >= 4 is 40.6 Å². The van der Waals surface area contributed by atoms with Crippen LogP contribution in [-0.2, 0) is 6.54 Å². The molecule has 0 fully saturated rings. The molecule has 2 aromatic carbocycles. The molecule has 0 unspecified atom stereocenters. The molecule has 0 aliphatic rings. The largest absolute Gasteiger partial charge is 0.347 e. The first-order valence-corrected chi connectivity index (χ1v) is 8.23. The number of rotatable bonds is 5. The Morgan fingerprint density at radius 3 is 2.52 bits per heavy atom. The topological polar surface area (TPSA) is 66.9 Å². The van der Waals surface area contributed by atoms with Gasteiger partial charge in [-0.05, 0) is 23.8 Å². The van der Waals surface area contributed by atoms with Gasteiger partial charge in [0, 0.05) is 11.6 Å². The second-order valence-electron chi connectivity index (χ2n) is 5.20. The van der Waals surface area contributed by atoms with E-state index >= 15 is 0 Å². The maximum atomic E-state index is 12.1. The van der Waals surface area contributed by atoms with E-state index in [1.165, 1.54) is 12.4 Å². The number of hydrogen-bond acceptors (Lipinski definition) is 4. The van der Waals surface area contributed by atoms with Crippen molar-refractivity contribution in [3.8, 4) is 0 Å². The van der Waals surface area contributed by atoms with E-state index in [1.54, 1.807) is 18.2 Å². The van der Waals surface area contributed by atoms with Gasteiger partial charge in [-0.3, -0.25) is 4.79 Å². The molecule has 0 bridgehead atoms. The molecule has 7 heteroatoms. The molecule has 0 aliphatic heterocycles. The molecule has 1 heterocycles. The molecule has 0 radical (unpaired) electrons. The fourth-order valence-electron chi connectivity index (χ4n) is 2.11. The third kappa shape index (κ3) is 4.68. The first kappa shape index (κ1) is 17.2. The molecule has 1 amide bonds. The van der Waals surface area contributed by atoms with Crippen LogP contribution >= 0.6 is 23.2 Å². The van der Waals surface area contributed by atoms with Gasteiger partial charge in [-0.15, -0.1) is 0 Å². The Morgan fingerprint density at radius 2 is 1.80 bits per heavy atom. The smallest absolute Gasteiger partial charge is 0.271 e. The second kappa shape index (κ2) is 7.96. The molecule has 0 aliphatic carbocycles. The Hall–Kier alpha value is -2.63. The van der Waals surface area contributed by atoms with Crippen molar-refractivity contribution < 1.29 is 4.79 Å². The monoisotopic (exact) mass is 372 g/mol.